The Labute approximate surface area is 135 Å². The third kappa shape index (κ3) is 3.82. The molecule has 2 rings (SSSR count). The van der Waals surface area contributed by atoms with E-state index in [1.165, 1.54) is 31.0 Å². The fourth-order valence-corrected chi connectivity index (χ4v) is 3.95. The second-order valence-electron chi connectivity index (χ2n) is 5.84. The average Bonchev–Trinajstić information content (AvgIpc) is 2.74. The Morgan fingerprint density at radius 1 is 1.32 bits per heavy atom. The minimum atomic E-state index is -0.819. The van der Waals surface area contributed by atoms with Crippen LogP contribution >= 0.6 is 11.8 Å². The maximum Gasteiger partial charge on any atom is 0.318 e. The number of nitrogens with zero attached hydrogens (tertiary/aromatic N) is 2. The summed E-state index contributed by atoms with van der Waals surface area (Å²) in [5.41, 5.74) is 7.16. The first kappa shape index (κ1) is 16.9. The van der Waals surface area contributed by atoms with E-state index in [-0.39, 0.29) is 5.91 Å². The van der Waals surface area contributed by atoms with Gasteiger partial charge in [0.25, 0.3) is 0 Å². The first-order valence-corrected chi connectivity index (χ1v) is 8.60. The first-order valence-electron chi connectivity index (χ1n) is 7.72. The summed E-state index contributed by atoms with van der Waals surface area (Å²) in [4.78, 5) is 27.3. The largest absolute Gasteiger partial charge is 0.351 e. The van der Waals surface area contributed by atoms with E-state index in [4.69, 9.17) is 5.73 Å². The number of imidazole rings is 1. The van der Waals surface area contributed by atoms with Crippen molar-refractivity contribution in [3.63, 3.8) is 0 Å². The highest BCUT2D eigenvalue weighted by Crippen LogP contribution is 2.35. The molecule has 0 aliphatic heterocycles. The van der Waals surface area contributed by atoms with Crippen molar-refractivity contribution in [3.05, 3.63) is 11.4 Å². The highest BCUT2D eigenvalue weighted by atomic mass is 32.2. The average molecular weight is 324 g/mol. The van der Waals surface area contributed by atoms with Crippen molar-refractivity contribution in [2.24, 2.45) is 5.73 Å². The minimum Gasteiger partial charge on any atom is -0.351 e. The second kappa shape index (κ2) is 7.17. The summed E-state index contributed by atoms with van der Waals surface area (Å²) in [5, 5.41) is 2.56. The lowest BCUT2D eigenvalue weighted by Gasteiger charge is -2.26. The fourth-order valence-electron chi connectivity index (χ4n) is 2.88. The molecule has 0 saturated heterocycles. The highest BCUT2D eigenvalue weighted by molar-refractivity contribution is 8.00. The van der Waals surface area contributed by atoms with Crippen LogP contribution < -0.4 is 11.1 Å². The highest BCUT2D eigenvalue weighted by Gasteiger charge is 2.25. The van der Waals surface area contributed by atoms with E-state index < -0.39 is 11.3 Å². The number of aryl methyl sites for hydroxylation is 1. The Morgan fingerprint density at radius 3 is 2.55 bits per heavy atom. The van der Waals surface area contributed by atoms with Crippen molar-refractivity contribution in [2.45, 2.75) is 69.3 Å². The Hall–Kier alpha value is -1.50. The number of rotatable bonds is 4. The molecular weight excluding hydrogens is 300 g/mol. The Kier molecular flexibility index (Phi) is 5.50. The zero-order valence-electron chi connectivity index (χ0n) is 13.4. The molecule has 6 nitrogen and oxygen atoms in total. The second-order valence-corrected chi connectivity index (χ2v) is 7.15. The van der Waals surface area contributed by atoms with Crippen LogP contribution in [0.2, 0.25) is 0 Å². The van der Waals surface area contributed by atoms with Crippen molar-refractivity contribution < 1.29 is 9.59 Å². The molecule has 1 aliphatic rings. The van der Waals surface area contributed by atoms with Gasteiger partial charge in [0.1, 0.15) is 0 Å². The zero-order valence-corrected chi connectivity index (χ0v) is 14.2. The molecule has 0 radical (unpaired) electrons. The summed E-state index contributed by atoms with van der Waals surface area (Å²) < 4.78 is 2.27. The molecule has 7 heteroatoms. The smallest absolute Gasteiger partial charge is 0.318 e. The number of imide groups is 1. The number of amides is 3. The number of carbonyl (C=O) groups excluding carboxylic acids is 2. The Morgan fingerprint density at radius 2 is 1.95 bits per heavy atom. The molecule has 1 heterocycles. The molecule has 1 unspecified atom stereocenters. The van der Waals surface area contributed by atoms with Crippen molar-refractivity contribution in [3.8, 4) is 0 Å². The van der Waals surface area contributed by atoms with Crippen LogP contribution in [-0.4, -0.2) is 26.7 Å². The summed E-state index contributed by atoms with van der Waals surface area (Å²) in [6, 6.07) is -0.357. The van der Waals surface area contributed by atoms with Gasteiger partial charge in [0.05, 0.1) is 10.9 Å². The third-order valence-corrected chi connectivity index (χ3v) is 5.26. The number of nitrogens with two attached hydrogens (primary N) is 1. The van der Waals surface area contributed by atoms with Crippen LogP contribution in [0.15, 0.2) is 5.16 Å². The molecule has 3 amide bonds. The molecule has 3 N–H and O–H groups in total. The minimum absolute atomic E-state index is 0.383. The van der Waals surface area contributed by atoms with Crippen LogP contribution in [0.25, 0.3) is 0 Å². The van der Waals surface area contributed by atoms with Crippen molar-refractivity contribution in [1.82, 2.24) is 14.9 Å². The van der Waals surface area contributed by atoms with Crippen LogP contribution in [0.1, 0.15) is 56.5 Å². The van der Waals surface area contributed by atoms with Crippen molar-refractivity contribution in [2.75, 3.05) is 0 Å². The van der Waals surface area contributed by atoms with Crippen LogP contribution in [0.3, 0.4) is 0 Å². The van der Waals surface area contributed by atoms with Crippen LogP contribution in [0, 0.1) is 13.8 Å². The number of carbonyl (C=O) groups is 2. The quantitative estimate of drug-likeness (QED) is 0.833. The molecule has 1 fully saturated rings. The molecular formula is C15H24N4O2S. The van der Waals surface area contributed by atoms with Gasteiger partial charge in [-0.1, -0.05) is 31.0 Å². The summed E-state index contributed by atoms with van der Waals surface area (Å²) in [7, 11) is 0. The fraction of sp³-hybridized carbons (Fsp3) is 0.667. The summed E-state index contributed by atoms with van der Waals surface area (Å²) in [6.45, 7) is 5.83. The van der Waals surface area contributed by atoms with Gasteiger partial charge in [0.15, 0.2) is 5.16 Å². The monoisotopic (exact) mass is 324 g/mol. The number of hydrogen-bond acceptors (Lipinski definition) is 4. The topological polar surface area (TPSA) is 90.0 Å². The standard InChI is InChI=1S/C15H24N4O2S/c1-9-10(2)19(12-7-5-4-6-8-12)15(17-9)22-11(3)13(20)18-14(16)21/h11-12H,4-8H2,1-3H3,(H3,16,18,20,21). The van der Waals surface area contributed by atoms with Gasteiger partial charge < -0.3 is 10.3 Å². The lowest BCUT2D eigenvalue weighted by Crippen LogP contribution is -2.39. The van der Waals surface area contributed by atoms with Gasteiger partial charge in [-0.15, -0.1) is 0 Å². The maximum absolute atomic E-state index is 11.9. The molecule has 0 spiro atoms. The molecule has 1 aromatic heterocycles. The molecule has 1 aromatic rings. The van der Waals surface area contributed by atoms with Gasteiger partial charge in [-0.05, 0) is 33.6 Å². The number of aromatic nitrogens is 2. The van der Waals surface area contributed by atoms with E-state index in [1.807, 2.05) is 6.92 Å². The van der Waals surface area contributed by atoms with Gasteiger partial charge in [-0.3, -0.25) is 10.1 Å². The number of nitrogens with one attached hydrogen (secondary N) is 1. The predicted molar refractivity (Wildman–Crippen MR) is 86.9 cm³/mol. The Balaban J connectivity index is 2.18. The van der Waals surface area contributed by atoms with E-state index in [0.717, 1.165) is 29.4 Å². The molecule has 1 atom stereocenters. The maximum atomic E-state index is 11.9. The lowest BCUT2D eigenvalue weighted by atomic mass is 9.95. The molecule has 0 aromatic carbocycles. The predicted octanol–water partition coefficient (Wildman–Crippen LogP) is 2.68. The lowest BCUT2D eigenvalue weighted by molar-refractivity contribution is -0.119. The first-order chi connectivity index (χ1) is 10.4. The number of primary amides is 1. The van der Waals surface area contributed by atoms with Gasteiger partial charge in [-0.25, -0.2) is 9.78 Å². The normalized spacial score (nSPS) is 17.2. The number of hydrogen-bond donors (Lipinski definition) is 2. The van der Waals surface area contributed by atoms with E-state index >= 15 is 0 Å². The van der Waals surface area contributed by atoms with Gasteiger partial charge in [0, 0.05) is 11.7 Å². The van der Waals surface area contributed by atoms with E-state index in [2.05, 4.69) is 21.8 Å². The van der Waals surface area contributed by atoms with E-state index in [1.54, 1.807) is 6.92 Å². The SMILES string of the molecule is Cc1nc(SC(C)C(=O)NC(N)=O)n(C2CCCCC2)c1C. The third-order valence-electron chi connectivity index (χ3n) is 4.19. The summed E-state index contributed by atoms with van der Waals surface area (Å²) in [6.07, 6.45) is 6.09. The van der Waals surface area contributed by atoms with Crippen LogP contribution in [0.5, 0.6) is 0 Å². The molecule has 1 saturated carbocycles. The van der Waals surface area contributed by atoms with Crippen LogP contribution in [-0.2, 0) is 4.79 Å². The number of urea groups is 1. The zero-order chi connectivity index (χ0) is 16.3. The number of thioether (sulfide) groups is 1. The van der Waals surface area contributed by atoms with Crippen molar-refractivity contribution >= 4 is 23.7 Å². The van der Waals surface area contributed by atoms with Crippen molar-refractivity contribution in [1.29, 1.82) is 0 Å². The molecule has 22 heavy (non-hydrogen) atoms. The van der Waals surface area contributed by atoms with Gasteiger partial charge in [0.2, 0.25) is 5.91 Å². The Bertz CT molecular complexity index is 564. The summed E-state index contributed by atoms with van der Waals surface area (Å²) in [5.74, 6) is -0.383. The van der Waals surface area contributed by atoms with E-state index in [0.29, 0.717) is 6.04 Å². The molecule has 0 bridgehead atoms. The molecule has 122 valence electrons. The van der Waals surface area contributed by atoms with Gasteiger partial charge >= 0.3 is 6.03 Å². The van der Waals surface area contributed by atoms with E-state index in [9.17, 15) is 9.59 Å². The molecule has 1 aliphatic carbocycles. The summed E-state index contributed by atoms with van der Waals surface area (Å²) >= 11 is 1.38. The van der Waals surface area contributed by atoms with Gasteiger partial charge in [-0.2, -0.15) is 0 Å². The van der Waals surface area contributed by atoms with Crippen LogP contribution in [0.4, 0.5) is 4.79 Å².